The SMILES string of the molecule is CCOc1cc(C=O)cc(C(O)C(O)CCN=[N+]=[N-])c1O. The molecule has 0 amide bonds. The largest absolute Gasteiger partial charge is 0.504 e. The Morgan fingerprint density at radius 2 is 2.19 bits per heavy atom. The standard InChI is InChI=1S/C13H17N3O5/c1-2-21-11-6-8(7-17)5-9(13(11)20)12(19)10(18)3-4-15-16-14/h5-7,10,12,18-20H,2-4H2,1H3. The van der Waals surface area contributed by atoms with Gasteiger partial charge < -0.3 is 20.1 Å². The number of aldehydes is 1. The highest BCUT2D eigenvalue weighted by molar-refractivity contribution is 5.77. The van der Waals surface area contributed by atoms with Crippen molar-refractivity contribution in [3.05, 3.63) is 33.7 Å². The minimum absolute atomic E-state index is 0.00117. The van der Waals surface area contributed by atoms with Crippen LogP contribution in [0.1, 0.15) is 35.4 Å². The summed E-state index contributed by atoms with van der Waals surface area (Å²) in [6, 6.07) is 2.61. The third kappa shape index (κ3) is 4.35. The highest BCUT2D eigenvalue weighted by atomic mass is 16.5. The Morgan fingerprint density at radius 3 is 2.76 bits per heavy atom. The van der Waals surface area contributed by atoms with Crippen molar-refractivity contribution in [3.63, 3.8) is 0 Å². The molecule has 0 aromatic heterocycles. The van der Waals surface area contributed by atoms with Crippen LogP contribution < -0.4 is 4.74 Å². The van der Waals surface area contributed by atoms with Crippen LogP contribution in [0.5, 0.6) is 11.5 Å². The van der Waals surface area contributed by atoms with E-state index < -0.39 is 12.2 Å². The zero-order valence-corrected chi connectivity index (χ0v) is 11.5. The van der Waals surface area contributed by atoms with Crippen molar-refractivity contribution in [2.24, 2.45) is 5.11 Å². The van der Waals surface area contributed by atoms with Crippen molar-refractivity contribution in [1.82, 2.24) is 0 Å². The van der Waals surface area contributed by atoms with Crippen molar-refractivity contribution in [1.29, 1.82) is 0 Å². The van der Waals surface area contributed by atoms with E-state index in [4.69, 9.17) is 10.3 Å². The molecule has 0 aliphatic carbocycles. The second kappa shape index (κ2) is 8.11. The number of carbonyl (C=O) groups excluding carboxylic acids is 1. The van der Waals surface area contributed by atoms with Gasteiger partial charge in [-0.25, -0.2) is 0 Å². The van der Waals surface area contributed by atoms with E-state index in [9.17, 15) is 20.1 Å². The molecule has 0 aliphatic rings. The molecule has 0 fully saturated rings. The van der Waals surface area contributed by atoms with Gasteiger partial charge in [-0.05, 0) is 31.0 Å². The fourth-order valence-electron chi connectivity index (χ4n) is 1.81. The van der Waals surface area contributed by atoms with Crippen molar-refractivity contribution < 1.29 is 24.9 Å². The minimum atomic E-state index is -1.43. The Bertz CT molecular complexity index is 543. The molecule has 2 unspecified atom stereocenters. The normalized spacial score (nSPS) is 13.1. The van der Waals surface area contributed by atoms with Gasteiger partial charge in [0, 0.05) is 22.6 Å². The molecule has 8 heteroatoms. The third-order valence-corrected chi connectivity index (χ3v) is 2.83. The van der Waals surface area contributed by atoms with Crippen LogP contribution in [-0.4, -0.2) is 40.9 Å². The van der Waals surface area contributed by atoms with Gasteiger partial charge in [-0.3, -0.25) is 4.79 Å². The van der Waals surface area contributed by atoms with Gasteiger partial charge in [0.15, 0.2) is 11.5 Å². The first-order valence-corrected chi connectivity index (χ1v) is 6.37. The summed E-state index contributed by atoms with van der Waals surface area (Å²) in [6.45, 7) is 1.98. The molecule has 0 saturated heterocycles. The Kier molecular flexibility index (Phi) is 6.48. The van der Waals surface area contributed by atoms with Crippen LogP contribution in [0.3, 0.4) is 0 Å². The number of benzene rings is 1. The predicted molar refractivity (Wildman–Crippen MR) is 74.3 cm³/mol. The average molecular weight is 295 g/mol. The fraction of sp³-hybridized carbons (Fsp3) is 0.462. The molecule has 3 N–H and O–H groups in total. The molecule has 1 aromatic rings. The predicted octanol–water partition coefficient (Wildman–Crippen LogP) is 1.70. The molecule has 0 heterocycles. The van der Waals surface area contributed by atoms with Crippen molar-refractivity contribution >= 4 is 6.29 Å². The maximum absolute atomic E-state index is 10.9. The first-order valence-electron chi connectivity index (χ1n) is 6.37. The zero-order valence-electron chi connectivity index (χ0n) is 11.5. The summed E-state index contributed by atoms with van der Waals surface area (Å²) in [5, 5.41) is 33.2. The lowest BCUT2D eigenvalue weighted by Gasteiger charge is -2.20. The van der Waals surface area contributed by atoms with Gasteiger partial charge in [0.25, 0.3) is 0 Å². The van der Waals surface area contributed by atoms with Gasteiger partial charge >= 0.3 is 0 Å². The zero-order chi connectivity index (χ0) is 15.8. The van der Waals surface area contributed by atoms with Gasteiger partial charge in [-0.1, -0.05) is 5.11 Å². The number of aliphatic hydroxyl groups excluding tert-OH is 2. The highest BCUT2D eigenvalue weighted by Gasteiger charge is 2.24. The number of azide groups is 1. The molecule has 1 aromatic carbocycles. The molecule has 0 aliphatic heterocycles. The number of rotatable bonds is 8. The summed E-state index contributed by atoms with van der Waals surface area (Å²) < 4.78 is 5.18. The smallest absolute Gasteiger partial charge is 0.163 e. The van der Waals surface area contributed by atoms with Gasteiger partial charge in [-0.2, -0.15) is 0 Å². The Hall–Kier alpha value is -2.28. The van der Waals surface area contributed by atoms with E-state index in [0.717, 1.165) is 0 Å². The van der Waals surface area contributed by atoms with Crippen LogP contribution in [0, 0.1) is 0 Å². The molecule has 0 bridgehead atoms. The third-order valence-electron chi connectivity index (χ3n) is 2.83. The summed E-state index contributed by atoms with van der Waals surface area (Å²) in [5.74, 6) is -0.281. The number of phenols is 1. The van der Waals surface area contributed by atoms with Gasteiger partial charge in [0.05, 0.1) is 12.7 Å². The lowest BCUT2D eigenvalue weighted by Crippen LogP contribution is -2.19. The molecular weight excluding hydrogens is 278 g/mol. The monoisotopic (exact) mass is 295 g/mol. The maximum atomic E-state index is 10.9. The van der Waals surface area contributed by atoms with E-state index in [-0.39, 0.29) is 42.2 Å². The molecule has 8 nitrogen and oxygen atoms in total. The lowest BCUT2D eigenvalue weighted by atomic mass is 9.98. The lowest BCUT2D eigenvalue weighted by molar-refractivity contribution is 0.0135. The van der Waals surface area contributed by atoms with Crippen molar-refractivity contribution in [2.75, 3.05) is 13.2 Å². The number of aromatic hydroxyl groups is 1. The average Bonchev–Trinajstić information content (AvgIpc) is 2.49. The number of nitrogens with zero attached hydrogens (tertiary/aromatic N) is 3. The van der Waals surface area contributed by atoms with Crippen LogP contribution >= 0.6 is 0 Å². The van der Waals surface area contributed by atoms with E-state index >= 15 is 0 Å². The number of phenolic OH excluding ortho intramolecular Hbond substituents is 1. The molecule has 114 valence electrons. The molecule has 0 radical (unpaired) electrons. The Labute approximate surface area is 121 Å². The highest BCUT2D eigenvalue weighted by Crippen LogP contribution is 2.36. The number of hydrogen-bond donors (Lipinski definition) is 3. The molecule has 0 saturated carbocycles. The topological polar surface area (TPSA) is 136 Å². The van der Waals surface area contributed by atoms with Gasteiger partial charge in [0.2, 0.25) is 0 Å². The van der Waals surface area contributed by atoms with Crippen LogP contribution in [0.15, 0.2) is 17.2 Å². The van der Waals surface area contributed by atoms with E-state index in [1.54, 1.807) is 6.92 Å². The van der Waals surface area contributed by atoms with Gasteiger partial charge in [-0.15, -0.1) is 0 Å². The molecule has 2 atom stereocenters. The summed E-state index contributed by atoms with van der Waals surface area (Å²) in [7, 11) is 0. The van der Waals surface area contributed by atoms with E-state index in [0.29, 0.717) is 6.29 Å². The number of hydrogen-bond acceptors (Lipinski definition) is 6. The molecular formula is C13H17N3O5. The van der Waals surface area contributed by atoms with E-state index in [1.165, 1.54) is 12.1 Å². The van der Waals surface area contributed by atoms with Gasteiger partial charge in [0.1, 0.15) is 12.4 Å². The summed E-state index contributed by atoms with van der Waals surface area (Å²) in [6.07, 6.45) is -2.12. The second-order valence-corrected chi connectivity index (χ2v) is 4.26. The summed E-state index contributed by atoms with van der Waals surface area (Å²) in [5.41, 5.74) is 8.35. The number of ether oxygens (including phenoxy) is 1. The van der Waals surface area contributed by atoms with Crippen LogP contribution in [0.25, 0.3) is 10.4 Å². The van der Waals surface area contributed by atoms with Crippen LogP contribution in [-0.2, 0) is 0 Å². The quantitative estimate of drug-likeness (QED) is 0.290. The van der Waals surface area contributed by atoms with Crippen LogP contribution in [0.4, 0.5) is 0 Å². The maximum Gasteiger partial charge on any atom is 0.163 e. The first kappa shape index (κ1) is 16.8. The molecule has 21 heavy (non-hydrogen) atoms. The van der Waals surface area contributed by atoms with E-state index in [2.05, 4.69) is 10.0 Å². The summed E-state index contributed by atoms with van der Waals surface area (Å²) in [4.78, 5) is 13.4. The Balaban J connectivity index is 3.06. The van der Waals surface area contributed by atoms with Crippen molar-refractivity contribution in [2.45, 2.75) is 25.6 Å². The second-order valence-electron chi connectivity index (χ2n) is 4.26. The first-order chi connectivity index (χ1) is 10.0. The van der Waals surface area contributed by atoms with Crippen LogP contribution in [0.2, 0.25) is 0 Å². The summed E-state index contributed by atoms with van der Waals surface area (Å²) >= 11 is 0. The minimum Gasteiger partial charge on any atom is -0.504 e. The number of carbonyl (C=O) groups is 1. The molecule has 1 rings (SSSR count). The van der Waals surface area contributed by atoms with E-state index in [1.807, 2.05) is 0 Å². The fourth-order valence-corrected chi connectivity index (χ4v) is 1.81. The number of aliphatic hydroxyl groups is 2. The van der Waals surface area contributed by atoms with Crippen molar-refractivity contribution in [3.8, 4) is 11.5 Å². The Morgan fingerprint density at radius 1 is 1.48 bits per heavy atom. The molecule has 0 spiro atoms.